The summed E-state index contributed by atoms with van der Waals surface area (Å²) >= 11 is 0. The minimum atomic E-state index is -0.281. The van der Waals surface area contributed by atoms with Gasteiger partial charge in [-0.2, -0.15) is 5.26 Å². The predicted octanol–water partition coefficient (Wildman–Crippen LogP) is 1.21. The Morgan fingerprint density at radius 1 is 1.41 bits per heavy atom. The van der Waals surface area contributed by atoms with Gasteiger partial charge < -0.3 is 16.8 Å². The largest absolute Gasteiger partial charge is 0.397 e. The number of rotatable bonds is 6. The van der Waals surface area contributed by atoms with E-state index in [1.54, 1.807) is 18.2 Å². The van der Waals surface area contributed by atoms with E-state index in [9.17, 15) is 4.79 Å². The summed E-state index contributed by atoms with van der Waals surface area (Å²) in [7, 11) is 0. The number of nitriles is 1. The molecule has 0 bridgehead atoms. The molecule has 1 aromatic rings. The molecule has 0 atom stereocenters. The van der Waals surface area contributed by atoms with Gasteiger partial charge >= 0.3 is 0 Å². The van der Waals surface area contributed by atoms with Crippen molar-refractivity contribution in [3.63, 3.8) is 0 Å². The Kier molecular flexibility index (Phi) is 4.82. The fraction of sp³-hybridized carbons (Fsp3) is 0.333. The van der Waals surface area contributed by atoms with E-state index >= 15 is 0 Å². The Balaban J connectivity index is 2.41. The van der Waals surface area contributed by atoms with Crippen LogP contribution in [0.15, 0.2) is 18.2 Å². The SMILES string of the molecule is N#Cc1ccc(N)c(NCCCCC(N)=O)c1. The van der Waals surface area contributed by atoms with E-state index in [4.69, 9.17) is 16.7 Å². The molecule has 90 valence electrons. The number of hydrogen-bond donors (Lipinski definition) is 3. The quantitative estimate of drug-likeness (QED) is 0.506. The number of nitrogen functional groups attached to an aromatic ring is 1. The van der Waals surface area contributed by atoms with Crippen molar-refractivity contribution in [1.82, 2.24) is 0 Å². The van der Waals surface area contributed by atoms with Crippen molar-refractivity contribution in [2.45, 2.75) is 19.3 Å². The number of anilines is 2. The third-order valence-electron chi connectivity index (χ3n) is 2.35. The van der Waals surface area contributed by atoms with Crippen molar-refractivity contribution in [2.24, 2.45) is 5.73 Å². The number of amides is 1. The number of benzene rings is 1. The molecule has 0 aliphatic heterocycles. The lowest BCUT2D eigenvalue weighted by molar-refractivity contribution is -0.118. The maximum absolute atomic E-state index is 10.5. The normalized spacial score (nSPS) is 9.59. The van der Waals surface area contributed by atoms with Crippen LogP contribution in [-0.2, 0) is 4.79 Å². The smallest absolute Gasteiger partial charge is 0.217 e. The van der Waals surface area contributed by atoms with E-state index in [1.807, 2.05) is 0 Å². The highest BCUT2D eigenvalue weighted by Gasteiger charge is 2.00. The minimum Gasteiger partial charge on any atom is -0.397 e. The molecule has 1 aromatic carbocycles. The number of nitrogens with two attached hydrogens (primary N) is 2. The van der Waals surface area contributed by atoms with Crippen molar-refractivity contribution in [2.75, 3.05) is 17.6 Å². The topological polar surface area (TPSA) is 105 Å². The van der Waals surface area contributed by atoms with Gasteiger partial charge in [-0.15, -0.1) is 0 Å². The van der Waals surface area contributed by atoms with Crippen LogP contribution in [-0.4, -0.2) is 12.5 Å². The van der Waals surface area contributed by atoms with Gasteiger partial charge in [0.2, 0.25) is 5.91 Å². The first-order valence-electron chi connectivity index (χ1n) is 5.45. The van der Waals surface area contributed by atoms with Gasteiger partial charge in [0.05, 0.1) is 23.0 Å². The molecule has 0 radical (unpaired) electrons. The average molecular weight is 232 g/mol. The van der Waals surface area contributed by atoms with Crippen LogP contribution in [0, 0.1) is 11.3 Å². The second-order valence-electron chi connectivity index (χ2n) is 3.76. The number of carbonyl (C=O) groups is 1. The van der Waals surface area contributed by atoms with E-state index in [0.29, 0.717) is 24.2 Å². The highest BCUT2D eigenvalue weighted by Crippen LogP contribution is 2.19. The van der Waals surface area contributed by atoms with E-state index in [2.05, 4.69) is 11.4 Å². The summed E-state index contributed by atoms with van der Waals surface area (Å²) in [5.41, 5.74) is 12.7. The maximum atomic E-state index is 10.5. The summed E-state index contributed by atoms with van der Waals surface area (Å²) in [5.74, 6) is -0.281. The standard InChI is InChI=1S/C12H16N4O/c13-8-9-4-5-10(14)11(7-9)16-6-2-1-3-12(15)17/h4-5,7,16H,1-3,6,14H2,(H2,15,17). The van der Waals surface area contributed by atoms with Crippen LogP contribution in [0.5, 0.6) is 0 Å². The zero-order valence-corrected chi connectivity index (χ0v) is 9.57. The summed E-state index contributed by atoms with van der Waals surface area (Å²) < 4.78 is 0. The predicted molar refractivity (Wildman–Crippen MR) is 67.1 cm³/mol. The van der Waals surface area contributed by atoms with Crippen molar-refractivity contribution < 1.29 is 4.79 Å². The Labute approximate surface area is 100 Å². The molecule has 1 rings (SSSR count). The second-order valence-corrected chi connectivity index (χ2v) is 3.76. The highest BCUT2D eigenvalue weighted by atomic mass is 16.1. The maximum Gasteiger partial charge on any atom is 0.217 e. The summed E-state index contributed by atoms with van der Waals surface area (Å²) in [6.45, 7) is 0.701. The number of unbranched alkanes of at least 4 members (excludes halogenated alkanes) is 1. The average Bonchev–Trinajstić information content (AvgIpc) is 2.30. The van der Waals surface area contributed by atoms with E-state index in [-0.39, 0.29) is 5.91 Å². The summed E-state index contributed by atoms with van der Waals surface area (Å²) in [4.78, 5) is 10.5. The Morgan fingerprint density at radius 2 is 2.18 bits per heavy atom. The van der Waals surface area contributed by atoms with Crippen molar-refractivity contribution in [3.05, 3.63) is 23.8 Å². The molecule has 0 heterocycles. The Morgan fingerprint density at radius 3 is 2.82 bits per heavy atom. The van der Waals surface area contributed by atoms with Crippen LogP contribution in [0.2, 0.25) is 0 Å². The number of nitrogens with zero attached hydrogens (tertiary/aromatic N) is 1. The lowest BCUT2D eigenvalue weighted by Gasteiger charge is -2.09. The van der Waals surface area contributed by atoms with Gasteiger partial charge in [-0.25, -0.2) is 0 Å². The molecule has 0 unspecified atom stereocenters. The molecule has 0 saturated carbocycles. The Hall–Kier alpha value is -2.22. The molecule has 0 aromatic heterocycles. The van der Waals surface area contributed by atoms with E-state index < -0.39 is 0 Å². The molecule has 5 nitrogen and oxygen atoms in total. The molecule has 0 aliphatic carbocycles. The van der Waals surface area contributed by atoms with Crippen molar-refractivity contribution in [3.8, 4) is 6.07 Å². The summed E-state index contributed by atoms with van der Waals surface area (Å²) in [6.07, 6.45) is 1.98. The monoisotopic (exact) mass is 232 g/mol. The second kappa shape index (κ2) is 6.38. The lowest BCUT2D eigenvalue weighted by Crippen LogP contribution is -2.11. The first-order chi connectivity index (χ1) is 8.13. The Bertz CT molecular complexity index is 437. The highest BCUT2D eigenvalue weighted by molar-refractivity contribution is 5.73. The zero-order valence-electron chi connectivity index (χ0n) is 9.57. The number of nitrogens with one attached hydrogen (secondary N) is 1. The fourth-order valence-corrected chi connectivity index (χ4v) is 1.43. The van der Waals surface area contributed by atoms with Crippen LogP contribution in [0.25, 0.3) is 0 Å². The van der Waals surface area contributed by atoms with Crippen LogP contribution >= 0.6 is 0 Å². The van der Waals surface area contributed by atoms with Crippen LogP contribution in [0.3, 0.4) is 0 Å². The number of carbonyl (C=O) groups excluding carboxylic acids is 1. The van der Waals surface area contributed by atoms with Crippen LogP contribution < -0.4 is 16.8 Å². The van der Waals surface area contributed by atoms with Gasteiger partial charge in [0.1, 0.15) is 0 Å². The third kappa shape index (κ3) is 4.43. The van der Waals surface area contributed by atoms with Gasteiger partial charge in [-0.05, 0) is 31.0 Å². The van der Waals surface area contributed by atoms with Gasteiger partial charge in [0, 0.05) is 13.0 Å². The molecule has 1 amide bonds. The van der Waals surface area contributed by atoms with Gasteiger partial charge in [-0.1, -0.05) is 0 Å². The first-order valence-corrected chi connectivity index (χ1v) is 5.45. The third-order valence-corrected chi connectivity index (χ3v) is 2.35. The summed E-state index contributed by atoms with van der Waals surface area (Å²) in [6, 6.07) is 7.14. The fourth-order valence-electron chi connectivity index (χ4n) is 1.43. The first kappa shape index (κ1) is 12.8. The molecule has 17 heavy (non-hydrogen) atoms. The molecular weight excluding hydrogens is 216 g/mol. The van der Waals surface area contributed by atoms with Gasteiger partial charge in [0.15, 0.2) is 0 Å². The molecule has 0 spiro atoms. The summed E-state index contributed by atoms with van der Waals surface area (Å²) in [5, 5.41) is 11.9. The van der Waals surface area contributed by atoms with E-state index in [1.165, 1.54) is 0 Å². The number of hydrogen-bond acceptors (Lipinski definition) is 4. The molecule has 5 heteroatoms. The van der Waals surface area contributed by atoms with Crippen LogP contribution in [0.1, 0.15) is 24.8 Å². The molecular formula is C12H16N4O. The molecule has 5 N–H and O–H groups in total. The number of primary amides is 1. The molecule has 0 saturated heterocycles. The van der Waals surface area contributed by atoms with E-state index in [0.717, 1.165) is 18.5 Å². The minimum absolute atomic E-state index is 0.281. The van der Waals surface area contributed by atoms with Gasteiger partial charge in [0.25, 0.3) is 0 Å². The lowest BCUT2D eigenvalue weighted by atomic mass is 10.2. The molecule has 0 fully saturated rings. The zero-order chi connectivity index (χ0) is 12.7. The van der Waals surface area contributed by atoms with Gasteiger partial charge in [-0.3, -0.25) is 4.79 Å². The van der Waals surface area contributed by atoms with Crippen LogP contribution in [0.4, 0.5) is 11.4 Å². The van der Waals surface area contributed by atoms with Crippen molar-refractivity contribution in [1.29, 1.82) is 5.26 Å². The van der Waals surface area contributed by atoms with Crippen molar-refractivity contribution >= 4 is 17.3 Å². The molecule has 0 aliphatic rings.